The summed E-state index contributed by atoms with van der Waals surface area (Å²) in [6, 6.07) is 8.48. The molecule has 0 aliphatic rings. The fourth-order valence-corrected chi connectivity index (χ4v) is 2.07. The van der Waals surface area contributed by atoms with Crippen LogP contribution in [0.5, 0.6) is 0 Å². The molecule has 2 nitrogen and oxygen atoms in total. The lowest BCUT2D eigenvalue weighted by atomic mass is 10.0. The third kappa shape index (κ3) is 4.65. The van der Waals surface area contributed by atoms with E-state index in [2.05, 4.69) is 6.07 Å². The first-order valence-electron chi connectivity index (χ1n) is 5.12. The van der Waals surface area contributed by atoms with Crippen LogP contribution >= 0.6 is 11.8 Å². The molecule has 1 aromatic rings. The van der Waals surface area contributed by atoms with Gasteiger partial charge in [-0.1, -0.05) is 0 Å². The monoisotopic (exact) mass is 238 g/mol. The average molecular weight is 238 g/mol. The molecule has 0 bridgehead atoms. The Hall–Kier alpha value is -1.05. The van der Waals surface area contributed by atoms with E-state index in [-0.39, 0.29) is 5.82 Å². The highest BCUT2D eigenvalue weighted by molar-refractivity contribution is 7.99. The summed E-state index contributed by atoms with van der Waals surface area (Å²) in [5, 5.41) is 8.72. The van der Waals surface area contributed by atoms with Gasteiger partial charge in [0.25, 0.3) is 0 Å². The number of nitrogens with two attached hydrogens (primary N) is 1. The Kier molecular flexibility index (Phi) is 4.78. The number of hydrogen-bond acceptors (Lipinski definition) is 3. The molecule has 86 valence electrons. The van der Waals surface area contributed by atoms with Gasteiger partial charge in [-0.15, -0.1) is 11.8 Å². The second-order valence-electron chi connectivity index (χ2n) is 3.94. The van der Waals surface area contributed by atoms with Crippen LogP contribution in [0.25, 0.3) is 0 Å². The lowest BCUT2D eigenvalue weighted by molar-refractivity contribution is 0.540. The number of hydrogen-bond donors (Lipinski definition) is 1. The lowest BCUT2D eigenvalue weighted by Crippen LogP contribution is -2.33. The quantitative estimate of drug-likeness (QED) is 0.634. The summed E-state index contributed by atoms with van der Waals surface area (Å²) in [4.78, 5) is 1.04. The summed E-state index contributed by atoms with van der Waals surface area (Å²) in [6.45, 7) is 1.73. The first kappa shape index (κ1) is 13.0. The summed E-state index contributed by atoms with van der Waals surface area (Å²) in [5.74, 6) is 0.670. The minimum Gasteiger partial charge on any atom is -0.314 e. The molecule has 16 heavy (non-hydrogen) atoms. The molecule has 0 amide bonds. The standard InChI is InChI=1S/C12H15FN2S/c1-12(15,9-14)7-2-8-16-11-5-3-10(13)4-6-11/h3-6H,2,7-8,15H2,1H3. The van der Waals surface area contributed by atoms with Crippen LogP contribution in [0.2, 0.25) is 0 Å². The first-order chi connectivity index (χ1) is 7.53. The van der Waals surface area contributed by atoms with Crippen molar-refractivity contribution in [3.8, 4) is 6.07 Å². The number of nitrogens with zero attached hydrogens (tertiary/aromatic N) is 1. The van der Waals surface area contributed by atoms with Crippen LogP contribution in [-0.4, -0.2) is 11.3 Å². The molecule has 0 heterocycles. The number of thioether (sulfide) groups is 1. The van der Waals surface area contributed by atoms with Crippen LogP contribution < -0.4 is 5.73 Å². The molecule has 0 aliphatic carbocycles. The fraction of sp³-hybridized carbons (Fsp3) is 0.417. The molecule has 1 rings (SSSR count). The SMILES string of the molecule is CC(N)(C#N)CCCSc1ccc(F)cc1. The van der Waals surface area contributed by atoms with Crippen molar-refractivity contribution in [3.05, 3.63) is 30.1 Å². The number of benzene rings is 1. The minimum absolute atomic E-state index is 0.219. The molecular weight excluding hydrogens is 223 g/mol. The Bertz CT molecular complexity index is 368. The van der Waals surface area contributed by atoms with Crippen molar-refractivity contribution >= 4 is 11.8 Å². The van der Waals surface area contributed by atoms with Crippen LogP contribution in [-0.2, 0) is 0 Å². The van der Waals surface area contributed by atoms with Gasteiger partial charge in [-0.2, -0.15) is 5.26 Å². The minimum atomic E-state index is -0.733. The second-order valence-corrected chi connectivity index (χ2v) is 5.10. The summed E-state index contributed by atoms with van der Waals surface area (Å²) in [7, 11) is 0. The Morgan fingerprint density at radius 3 is 2.62 bits per heavy atom. The van der Waals surface area contributed by atoms with Gasteiger partial charge in [0.2, 0.25) is 0 Å². The highest BCUT2D eigenvalue weighted by atomic mass is 32.2. The van der Waals surface area contributed by atoms with Crippen LogP contribution in [0.4, 0.5) is 4.39 Å². The largest absolute Gasteiger partial charge is 0.314 e. The molecule has 0 spiro atoms. The Balaban J connectivity index is 2.27. The highest BCUT2D eigenvalue weighted by Gasteiger charge is 2.15. The van der Waals surface area contributed by atoms with Gasteiger partial charge in [0.15, 0.2) is 0 Å². The van der Waals surface area contributed by atoms with E-state index in [4.69, 9.17) is 11.0 Å². The smallest absolute Gasteiger partial charge is 0.123 e. The van der Waals surface area contributed by atoms with Crippen LogP contribution in [0.3, 0.4) is 0 Å². The molecule has 1 atom stereocenters. The normalized spacial score (nSPS) is 14.1. The van der Waals surface area contributed by atoms with Crippen LogP contribution in [0, 0.1) is 17.1 Å². The zero-order valence-electron chi connectivity index (χ0n) is 9.24. The molecule has 0 radical (unpaired) electrons. The molecule has 1 aromatic carbocycles. The maximum atomic E-state index is 12.6. The molecule has 0 aliphatic heterocycles. The third-order valence-corrected chi connectivity index (χ3v) is 3.28. The van der Waals surface area contributed by atoms with Crippen LogP contribution in [0.1, 0.15) is 19.8 Å². The van der Waals surface area contributed by atoms with Gasteiger partial charge in [0, 0.05) is 4.90 Å². The predicted molar refractivity (Wildman–Crippen MR) is 64.6 cm³/mol. The van der Waals surface area contributed by atoms with Gasteiger partial charge in [0.05, 0.1) is 6.07 Å². The van der Waals surface area contributed by atoms with Crippen molar-refractivity contribution in [2.75, 3.05) is 5.75 Å². The van der Waals surface area contributed by atoms with E-state index in [1.54, 1.807) is 30.8 Å². The second kappa shape index (κ2) is 5.88. The van der Waals surface area contributed by atoms with Gasteiger partial charge in [-0.25, -0.2) is 4.39 Å². The summed E-state index contributed by atoms with van der Waals surface area (Å²) >= 11 is 1.65. The predicted octanol–water partition coefficient (Wildman–Crippen LogP) is 2.94. The maximum absolute atomic E-state index is 12.6. The van der Waals surface area contributed by atoms with Crippen molar-refractivity contribution in [1.29, 1.82) is 5.26 Å². The molecule has 4 heteroatoms. The van der Waals surface area contributed by atoms with Crippen molar-refractivity contribution in [2.45, 2.75) is 30.2 Å². The van der Waals surface area contributed by atoms with E-state index in [1.165, 1.54) is 12.1 Å². The Morgan fingerprint density at radius 2 is 2.06 bits per heavy atom. The summed E-state index contributed by atoms with van der Waals surface area (Å²) in [5.41, 5.74) is 4.96. The molecule has 1 unspecified atom stereocenters. The van der Waals surface area contributed by atoms with Gasteiger partial charge < -0.3 is 5.73 Å². The fourth-order valence-electron chi connectivity index (χ4n) is 1.22. The maximum Gasteiger partial charge on any atom is 0.123 e. The van der Waals surface area contributed by atoms with Crippen LogP contribution in [0.15, 0.2) is 29.2 Å². The molecule has 0 saturated heterocycles. The van der Waals surface area contributed by atoms with Crippen molar-refractivity contribution < 1.29 is 4.39 Å². The van der Waals surface area contributed by atoms with Gasteiger partial charge >= 0.3 is 0 Å². The van der Waals surface area contributed by atoms with Gasteiger partial charge in [0.1, 0.15) is 11.4 Å². The number of nitriles is 1. The zero-order chi connectivity index (χ0) is 12.0. The van der Waals surface area contributed by atoms with Crippen molar-refractivity contribution in [1.82, 2.24) is 0 Å². The van der Waals surface area contributed by atoms with Gasteiger partial charge in [-0.05, 0) is 49.8 Å². The molecule has 2 N–H and O–H groups in total. The van der Waals surface area contributed by atoms with E-state index in [0.717, 1.165) is 17.1 Å². The number of rotatable bonds is 5. The molecule has 0 fully saturated rings. The molecule has 0 aromatic heterocycles. The first-order valence-corrected chi connectivity index (χ1v) is 6.10. The third-order valence-electron chi connectivity index (χ3n) is 2.18. The van der Waals surface area contributed by atoms with E-state index < -0.39 is 5.54 Å². The zero-order valence-corrected chi connectivity index (χ0v) is 10.1. The average Bonchev–Trinajstić information content (AvgIpc) is 2.27. The van der Waals surface area contributed by atoms with E-state index in [9.17, 15) is 4.39 Å². The van der Waals surface area contributed by atoms with Crippen molar-refractivity contribution in [2.24, 2.45) is 5.73 Å². The molecular formula is C12H15FN2S. The van der Waals surface area contributed by atoms with E-state index in [1.807, 2.05) is 0 Å². The lowest BCUT2D eigenvalue weighted by Gasteiger charge is -2.14. The molecule has 0 saturated carbocycles. The topological polar surface area (TPSA) is 49.8 Å². The van der Waals surface area contributed by atoms with Gasteiger partial charge in [-0.3, -0.25) is 0 Å². The van der Waals surface area contributed by atoms with E-state index in [0.29, 0.717) is 6.42 Å². The Labute approximate surface area is 99.6 Å². The van der Waals surface area contributed by atoms with Crippen molar-refractivity contribution in [3.63, 3.8) is 0 Å². The summed E-state index contributed by atoms with van der Waals surface area (Å²) in [6.07, 6.45) is 1.56. The Morgan fingerprint density at radius 1 is 1.44 bits per heavy atom. The van der Waals surface area contributed by atoms with E-state index >= 15 is 0 Å². The number of halogens is 1. The summed E-state index contributed by atoms with van der Waals surface area (Å²) < 4.78 is 12.6. The highest BCUT2D eigenvalue weighted by Crippen LogP contribution is 2.20.